The molecule has 72 valence electrons. The highest BCUT2D eigenvalue weighted by Gasteiger charge is 2.26. The van der Waals surface area contributed by atoms with E-state index in [1.165, 1.54) is 0 Å². The molecule has 0 aliphatic carbocycles. The summed E-state index contributed by atoms with van der Waals surface area (Å²) in [5.74, 6) is -0.0854. The minimum Gasteiger partial charge on any atom is -0.331 e. The molecular weight excluding hydrogens is 180 g/mol. The van der Waals surface area contributed by atoms with E-state index < -0.39 is 0 Å². The fraction of sp³-hybridized carbons (Fsp3) is 0.300. The first kappa shape index (κ1) is 8.87. The fourth-order valence-corrected chi connectivity index (χ4v) is 1.49. The average molecular weight is 190 g/mol. The molecule has 0 atom stereocenters. The van der Waals surface area contributed by atoms with E-state index in [-0.39, 0.29) is 24.7 Å². The van der Waals surface area contributed by atoms with Gasteiger partial charge >= 0.3 is 0 Å². The monoisotopic (exact) mass is 190 g/mol. The van der Waals surface area contributed by atoms with E-state index in [4.69, 9.17) is 0 Å². The van der Waals surface area contributed by atoms with Crippen molar-refractivity contribution in [1.82, 2.24) is 9.88 Å². The Hall–Kier alpha value is -1.71. The fourth-order valence-electron chi connectivity index (χ4n) is 1.49. The van der Waals surface area contributed by atoms with Crippen LogP contribution in [0, 0.1) is 0 Å². The van der Waals surface area contributed by atoms with E-state index in [9.17, 15) is 9.59 Å². The van der Waals surface area contributed by atoms with Crippen molar-refractivity contribution in [2.24, 2.45) is 0 Å². The molecule has 14 heavy (non-hydrogen) atoms. The molecule has 0 aromatic carbocycles. The Kier molecular flexibility index (Phi) is 2.26. The molecule has 1 aliphatic rings. The lowest BCUT2D eigenvalue weighted by Crippen LogP contribution is -2.24. The quantitative estimate of drug-likeness (QED) is 0.633. The predicted octanol–water partition coefficient (Wildman–Crippen LogP) is 0.383. The molecule has 2 heterocycles. The summed E-state index contributed by atoms with van der Waals surface area (Å²) in [5, 5.41) is 0. The van der Waals surface area contributed by atoms with E-state index >= 15 is 0 Å². The first-order chi connectivity index (χ1) is 6.75. The number of carbonyl (C=O) groups excluding carboxylic acids is 2. The number of Topliss-reactive ketones (excluding diaryl/α,β-unsaturated/α-hetero) is 1. The molecule has 1 saturated heterocycles. The van der Waals surface area contributed by atoms with Gasteiger partial charge in [-0.2, -0.15) is 0 Å². The number of aromatic nitrogens is 1. The Balaban J connectivity index is 2.05. The third-order valence-corrected chi connectivity index (χ3v) is 2.16. The standard InChI is InChI=1S/C10H10N2O2/c13-9-4-10(14)12(7-9)6-8-2-1-3-11-5-8/h1-3,5H,4,6-7H2. The summed E-state index contributed by atoms with van der Waals surface area (Å²) in [6.45, 7) is 0.728. The Bertz CT molecular complexity index is 362. The molecule has 4 nitrogen and oxygen atoms in total. The average Bonchev–Trinajstić information content (AvgIpc) is 2.47. The van der Waals surface area contributed by atoms with Crippen molar-refractivity contribution in [1.29, 1.82) is 0 Å². The van der Waals surface area contributed by atoms with Crippen LogP contribution >= 0.6 is 0 Å². The van der Waals surface area contributed by atoms with Crippen LogP contribution in [0.15, 0.2) is 24.5 Å². The predicted molar refractivity (Wildman–Crippen MR) is 49.3 cm³/mol. The van der Waals surface area contributed by atoms with Crippen molar-refractivity contribution < 1.29 is 9.59 Å². The number of likely N-dealkylation sites (tertiary alicyclic amines) is 1. The summed E-state index contributed by atoms with van der Waals surface area (Å²) in [6, 6.07) is 3.71. The van der Waals surface area contributed by atoms with Crippen LogP contribution < -0.4 is 0 Å². The van der Waals surface area contributed by atoms with Crippen LogP contribution in [0.3, 0.4) is 0 Å². The summed E-state index contributed by atoms with van der Waals surface area (Å²) in [7, 11) is 0. The van der Waals surface area contributed by atoms with Gasteiger partial charge in [0.2, 0.25) is 5.91 Å². The number of amides is 1. The molecule has 4 heteroatoms. The summed E-state index contributed by atoms with van der Waals surface area (Å²) in [4.78, 5) is 27.8. The van der Waals surface area contributed by atoms with Crippen molar-refractivity contribution in [3.63, 3.8) is 0 Å². The minimum absolute atomic E-state index is 0.00103. The molecule has 1 aliphatic heterocycles. The topological polar surface area (TPSA) is 50.3 Å². The lowest BCUT2D eigenvalue weighted by atomic mass is 10.3. The number of hydrogen-bond acceptors (Lipinski definition) is 3. The van der Waals surface area contributed by atoms with Crippen LogP contribution in [-0.4, -0.2) is 28.1 Å². The molecule has 0 spiro atoms. The van der Waals surface area contributed by atoms with E-state index in [1.54, 1.807) is 17.3 Å². The summed E-state index contributed by atoms with van der Waals surface area (Å²) >= 11 is 0. The van der Waals surface area contributed by atoms with Crippen molar-refractivity contribution in [2.45, 2.75) is 13.0 Å². The first-order valence-corrected chi connectivity index (χ1v) is 4.44. The molecule has 0 radical (unpaired) electrons. The maximum atomic E-state index is 11.3. The number of rotatable bonds is 2. The van der Waals surface area contributed by atoms with Gasteiger partial charge in [-0.25, -0.2) is 0 Å². The molecule has 1 amide bonds. The van der Waals surface area contributed by atoms with Gasteiger partial charge in [-0.05, 0) is 11.6 Å². The second-order valence-electron chi connectivity index (χ2n) is 3.33. The molecule has 1 aromatic rings. The van der Waals surface area contributed by atoms with Crippen LogP contribution in [0.1, 0.15) is 12.0 Å². The highest BCUT2D eigenvalue weighted by Crippen LogP contribution is 2.10. The second-order valence-corrected chi connectivity index (χ2v) is 3.33. The zero-order valence-corrected chi connectivity index (χ0v) is 7.64. The largest absolute Gasteiger partial charge is 0.331 e. The number of nitrogens with zero attached hydrogens (tertiary/aromatic N) is 2. The molecule has 0 unspecified atom stereocenters. The molecule has 1 fully saturated rings. The molecule has 1 aromatic heterocycles. The third kappa shape index (κ3) is 1.79. The van der Waals surface area contributed by atoms with Gasteiger partial charge in [-0.1, -0.05) is 6.07 Å². The van der Waals surface area contributed by atoms with Crippen LogP contribution in [0.5, 0.6) is 0 Å². The van der Waals surface area contributed by atoms with Gasteiger partial charge in [0.05, 0.1) is 13.0 Å². The van der Waals surface area contributed by atoms with Gasteiger partial charge in [0, 0.05) is 18.9 Å². The van der Waals surface area contributed by atoms with Crippen LogP contribution in [0.25, 0.3) is 0 Å². The Morgan fingerprint density at radius 1 is 1.43 bits per heavy atom. The zero-order valence-electron chi connectivity index (χ0n) is 7.64. The first-order valence-electron chi connectivity index (χ1n) is 4.44. The highest BCUT2D eigenvalue weighted by molar-refractivity contribution is 6.05. The number of pyridine rings is 1. The lowest BCUT2D eigenvalue weighted by molar-refractivity contribution is -0.128. The van der Waals surface area contributed by atoms with Crippen LogP contribution in [0.4, 0.5) is 0 Å². The summed E-state index contributed by atoms with van der Waals surface area (Å²) in [6.07, 6.45) is 3.44. The van der Waals surface area contributed by atoms with E-state index in [0.29, 0.717) is 6.54 Å². The Labute approximate surface area is 81.6 Å². The molecule has 0 bridgehead atoms. The van der Waals surface area contributed by atoms with E-state index in [0.717, 1.165) is 5.56 Å². The van der Waals surface area contributed by atoms with Gasteiger partial charge in [0.1, 0.15) is 0 Å². The Morgan fingerprint density at radius 3 is 2.86 bits per heavy atom. The maximum absolute atomic E-state index is 11.3. The molecule has 0 saturated carbocycles. The highest BCUT2D eigenvalue weighted by atomic mass is 16.2. The lowest BCUT2D eigenvalue weighted by Gasteiger charge is -2.13. The van der Waals surface area contributed by atoms with Crippen LogP contribution in [0.2, 0.25) is 0 Å². The third-order valence-electron chi connectivity index (χ3n) is 2.16. The van der Waals surface area contributed by atoms with E-state index in [1.807, 2.05) is 12.1 Å². The number of ketones is 1. The molecule has 2 rings (SSSR count). The smallest absolute Gasteiger partial charge is 0.230 e. The molecular formula is C10H10N2O2. The van der Waals surface area contributed by atoms with Gasteiger partial charge in [0.15, 0.2) is 5.78 Å². The normalized spacial score (nSPS) is 16.4. The van der Waals surface area contributed by atoms with Gasteiger partial charge < -0.3 is 4.90 Å². The summed E-state index contributed by atoms with van der Waals surface area (Å²) in [5.41, 5.74) is 0.954. The molecule has 0 N–H and O–H groups in total. The van der Waals surface area contributed by atoms with Crippen molar-refractivity contribution in [2.75, 3.05) is 6.54 Å². The van der Waals surface area contributed by atoms with Gasteiger partial charge in [-0.15, -0.1) is 0 Å². The minimum atomic E-state index is -0.0844. The second kappa shape index (κ2) is 3.57. The van der Waals surface area contributed by atoms with Crippen molar-refractivity contribution in [3.05, 3.63) is 30.1 Å². The van der Waals surface area contributed by atoms with E-state index in [2.05, 4.69) is 4.98 Å². The maximum Gasteiger partial charge on any atom is 0.230 e. The SMILES string of the molecule is O=C1CC(=O)N(Cc2cccnc2)C1. The van der Waals surface area contributed by atoms with Crippen LogP contribution in [-0.2, 0) is 16.1 Å². The Morgan fingerprint density at radius 2 is 2.29 bits per heavy atom. The number of hydrogen-bond donors (Lipinski definition) is 0. The number of carbonyl (C=O) groups is 2. The summed E-state index contributed by atoms with van der Waals surface area (Å²) < 4.78 is 0. The van der Waals surface area contributed by atoms with Gasteiger partial charge in [0.25, 0.3) is 0 Å². The van der Waals surface area contributed by atoms with Crippen molar-refractivity contribution >= 4 is 11.7 Å². The van der Waals surface area contributed by atoms with Crippen molar-refractivity contribution in [3.8, 4) is 0 Å². The zero-order chi connectivity index (χ0) is 9.97. The van der Waals surface area contributed by atoms with Gasteiger partial charge in [-0.3, -0.25) is 14.6 Å².